The average Bonchev–Trinajstić information content (AvgIpc) is 3.45. The lowest BCUT2D eigenvalue weighted by atomic mass is 9.96. The van der Waals surface area contributed by atoms with E-state index in [1.54, 1.807) is 50.3 Å². The van der Waals surface area contributed by atoms with Crippen molar-refractivity contribution >= 4 is 62.5 Å². The van der Waals surface area contributed by atoms with E-state index in [1.165, 1.54) is 15.9 Å². The zero-order valence-electron chi connectivity index (χ0n) is 19.6. The van der Waals surface area contributed by atoms with E-state index in [0.717, 1.165) is 10.0 Å². The van der Waals surface area contributed by atoms with Crippen molar-refractivity contribution < 1.29 is 13.9 Å². The van der Waals surface area contributed by atoms with Crippen LogP contribution in [-0.4, -0.2) is 17.1 Å². The third-order valence-electron chi connectivity index (χ3n) is 5.80. The highest BCUT2D eigenvalue weighted by atomic mass is 79.9. The Kier molecular flexibility index (Phi) is 7.27. The molecule has 3 heterocycles. The molecule has 1 aliphatic heterocycles. The summed E-state index contributed by atoms with van der Waals surface area (Å²) < 4.78 is 14.1. The standard InChI is InChI=1S/C27H19BrCl2N2O4S/c1-3-35-26(34)23-14(2)31-27-32(24(23)15-4-6-16(28)7-5-15)25(33)22(37-27)13-18-9-11-21(36-18)19-12-17(29)8-10-20(19)30/h4-13,24H,3H2,1-2H3/b22-13-/t24-/m0/s1. The summed E-state index contributed by atoms with van der Waals surface area (Å²) in [6.45, 7) is 3.71. The van der Waals surface area contributed by atoms with Gasteiger partial charge >= 0.3 is 5.97 Å². The molecule has 4 aromatic rings. The van der Waals surface area contributed by atoms with Gasteiger partial charge in [0.1, 0.15) is 11.5 Å². The molecule has 2 aromatic heterocycles. The molecule has 0 unspecified atom stereocenters. The van der Waals surface area contributed by atoms with Crippen molar-refractivity contribution in [2.24, 2.45) is 4.99 Å². The summed E-state index contributed by atoms with van der Waals surface area (Å²) >= 11 is 17.1. The Morgan fingerprint density at radius 2 is 1.95 bits per heavy atom. The number of carbonyl (C=O) groups is 1. The molecule has 1 aliphatic rings. The second-order valence-corrected chi connectivity index (χ2v) is 10.9. The number of ether oxygens (including phenoxy) is 1. The SMILES string of the molecule is CCOC(=O)C1=C(C)N=c2s/c(=C\c3ccc(-c4cc(Cl)ccc4Cl)o3)c(=O)n2[C@H]1c1ccc(Br)cc1. The number of benzene rings is 2. The highest BCUT2D eigenvalue weighted by molar-refractivity contribution is 9.10. The van der Waals surface area contributed by atoms with E-state index >= 15 is 0 Å². The summed E-state index contributed by atoms with van der Waals surface area (Å²) in [5, 5.41) is 1.03. The van der Waals surface area contributed by atoms with Crippen molar-refractivity contribution in [1.29, 1.82) is 0 Å². The van der Waals surface area contributed by atoms with Crippen LogP contribution in [-0.2, 0) is 9.53 Å². The topological polar surface area (TPSA) is 73.8 Å². The number of nitrogens with zero attached hydrogens (tertiary/aromatic N) is 2. The molecule has 0 fully saturated rings. The molecule has 5 rings (SSSR count). The number of esters is 1. The first-order chi connectivity index (χ1) is 17.8. The maximum absolute atomic E-state index is 13.7. The highest BCUT2D eigenvalue weighted by Gasteiger charge is 2.33. The van der Waals surface area contributed by atoms with E-state index < -0.39 is 12.0 Å². The number of thiazole rings is 1. The van der Waals surface area contributed by atoms with Crippen LogP contribution in [0.25, 0.3) is 17.4 Å². The Labute approximate surface area is 234 Å². The van der Waals surface area contributed by atoms with Crippen LogP contribution in [0.2, 0.25) is 10.0 Å². The van der Waals surface area contributed by atoms with Gasteiger partial charge in [0.25, 0.3) is 5.56 Å². The summed E-state index contributed by atoms with van der Waals surface area (Å²) in [6, 6.07) is 15.5. The van der Waals surface area contributed by atoms with Crippen molar-refractivity contribution in [2.45, 2.75) is 19.9 Å². The Balaban J connectivity index is 1.64. The monoisotopic (exact) mass is 616 g/mol. The van der Waals surface area contributed by atoms with E-state index in [-0.39, 0.29) is 12.2 Å². The fraction of sp³-hybridized carbons (Fsp3) is 0.148. The summed E-state index contributed by atoms with van der Waals surface area (Å²) in [6.07, 6.45) is 1.66. The number of fused-ring (bicyclic) bond motifs is 1. The number of hydrogen-bond acceptors (Lipinski definition) is 6. The molecule has 0 N–H and O–H groups in total. The second kappa shape index (κ2) is 10.5. The summed E-state index contributed by atoms with van der Waals surface area (Å²) in [7, 11) is 0. The molecule has 0 amide bonds. The largest absolute Gasteiger partial charge is 0.463 e. The first-order valence-electron chi connectivity index (χ1n) is 11.3. The van der Waals surface area contributed by atoms with Gasteiger partial charge in [0, 0.05) is 21.1 Å². The van der Waals surface area contributed by atoms with Gasteiger partial charge in [-0.3, -0.25) is 9.36 Å². The predicted molar refractivity (Wildman–Crippen MR) is 149 cm³/mol. The van der Waals surface area contributed by atoms with Crippen LogP contribution in [0, 0.1) is 0 Å². The van der Waals surface area contributed by atoms with E-state index in [9.17, 15) is 9.59 Å². The van der Waals surface area contributed by atoms with E-state index in [2.05, 4.69) is 20.9 Å². The van der Waals surface area contributed by atoms with Crippen LogP contribution >= 0.6 is 50.5 Å². The summed E-state index contributed by atoms with van der Waals surface area (Å²) in [5.74, 6) is 0.498. The highest BCUT2D eigenvalue weighted by Crippen LogP contribution is 2.33. The quantitative estimate of drug-likeness (QED) is 0.253. The molecule has 0 saturated heterocycles. The fourth-order valence-electron chi connectivity index (χ4n) is 4.14. The molecule has 0 bridgehead atoms. The molecule has 6 nitrogen and oxygen atoms in total. The Morgan fingerprint density at radius 1 is 1.19 bits per heavy atom. The zero-order valence-corrected chi connectivity index (χ0v) is 23.5. The number of allylic oxidation sites excluding steroid dienone is 1. The third kappa shape index (κ3) is 4.99. The van der Waals surface area contributed by atoms with Crippen molar-refractivity contribution in [2.75, 3.05) is 6.61 Å². The van der Waals surface area contributed by atoms with Crippen LogP contribution in [0.3, 0.4) is 0 Å². The molecule has 1 atom stereocenters. The van der Waals surface area contributed by atoms with Crippen LogP contribution in [0.1, 0.15) is 31.2 Å². The molecule has 188 valence electrons. The number of carbonyl (C=O) groups excluding carboxylic acids is 1. The van der Waals surface area contributed by atoms with Gasteiger partial charge in [-0.25, -0.2) is 9.79 Å². The molecule has 0 spiro atoms. The van der Waals surface area contributed by atoms with Gasteiger partial charge in [-0.15, -0.1) is 0 Å². The molecule has 0 saturated carbocycles. The number of furan rings is 1. The zero-order chi connectivity index (χ0) is 26.3. The van der Waals surface area contributed by atoms with Crippen LogP contribution in [0.4, 0.5) is 0 Å². The second-order valence-electron chi connectivity index (χ2n) is 8.18. The van der Waals surface area contributed by atoms with Crippen LogP contribution in [0.15, 0.2) is 84.5 Å². The van der Waals surface area contributed by atoms with E-state index in [4.69, 9.17) is 32.4 Å². The lowest BCUT2D eigenvalue weighted by Crippen LogP contribution is -2.39. The first kappa shape index (κ1) is 25.7. The van der Waals surface area contributed by atoms with Crippen LogP contribution in [0.5, 0.6) is 0 Å². The number of rotatable bonds is 5. The van der Waals surface area contributed by atoms with Gasteiger partial charge in [0.15, 0.2) is 4.80 Å². The molecular weight excluding hydrogens is 599 g/mol. The Bertz CT molecular complexity index is 1730. The van der Waals surface area contributed by atoms with Crippen molar-refractivity contribution in [3.63, 3.8) is 0 Å². The minimum atomic E-state index is -0.678. The average molecular weight is 618 g/mol. The summed E-state index contributed by atoms with van der Waals surface area (Å²) in [4.78, 5) is 31.7. The maximum atomic E-state index is 13.7. The third-order valence-corrected chi connectivity index (χ3v) is 7.87. The minimum Gasteiger partial charge on any atom is -0.463 e. The number of hydrogen-bond donors (Lipinski definition) is 0. The number of aromatic nitrogens is 1. The molecule has 0 radical (unpaired) electrons. The maximum Gasteiger partial charge on any atom is 0.338 e. The van der Waals surface area contributed by atoms with Crippen molar-refractivity contribution in [1.82, 2.24) is 4.57 Å². The van der Waals surface area contributed by atoms with Gasteiger partial charge in [0.2, 0.25) is 0 Å². The molecule has 37 heavy (non-hydrogen) atoms. The summed E-state index contributed by atoms with van der Waals surface area (Å²) in [5.41, 5.74) is 1.98. The van der Waals surface area contributed by atoms with Gasteiger partial charge < -0.3 is 9.15 Å². The number of halogens is 3. The van der Waals surface area contributed by atoms with Crippen molar-refractivity contribution in [3.8, 4) is 11.3 Å². The van der Waals surface area contributed by atoms with Gasteiger partial charge in [0.05, 0.1) is 33.5 Å². The van der Waals surface area contributed by atoms with Crippen molar-refractivity contribution in [3.05, 3.63) is 111 Å². The lowest BCUT2D eigenvalue weighted by molar-refractivity contribution is -0.139. The Hall–Kier alpha value is -2.91. The van der Waals surface area contributed by atoms with Gasteiger partial charge in [-0.1, -0.05) is 62.6 Å². The molecular formula is C27H19BrCl2N2O4S. The Morgan fingerprint density at radius 3 is 2.68 bits per heavy atom. The molecule has 0 aliphatic carbocycles. The normalized spacial score (nSPS) is 15.5. The minimum absolute atomic E-state index is 0.213. The lowest BCUT2D eigenvalue weighted by Gasteiger charge is -2.24. The molecule has 2 aromatic carbocycles. The van der Waals surface area contributed by atoms with E-state index in [1.807, 2.05) is 24.3 Å². The fourth-order valence-corrected chi connectivity index (χ4v) is 5.82. The van der Waals surface area contributed by atoms with Gasteiger partial charge in [-0.05, 0) is 61.9 Å². The van der Waals surface area contributed by atoms with Gasteiger partial charge in [-0.2, -0.15) is 0 Å². The van der Waals surface area contributed by atoms with Crippen LogP contribution < -0.4 is 14.9 Å². The van der Waals surface area contributed by atoms with E-state index in [0.29, 0.717) is 47.7 Å². The predicted octanol–water partition coefficient (Wildman–Crippen LogP) is 6.13. The molecule has 10 heteroatoms. The smallest absolute Gasteiger partial charge is 0.338 e. The first-order valence-corrected chi connectivity index (χ1v) is 13.6.